The summed E-state index contributed by atoms with van der Waals surface area (Å²) < 4.78 is 79.1. The quantitative estimate of drug-likeness (QED) is 0.208. The van der Waals surface area contributed by atoms with E-state index in [0.717, 1.165) is 10.2 Å². The van der Waals surface area contributed by atoms with Gasteiger partial charge >= 0.3 is 0 Å². The molecule has 0 unspecified atom stereocenters. The summed E-state index contributed by atoms with van der Waals surface area (Å²) in [7, 11) is 0. The summed E-state index contributed by atoms with van der Waals surface area (Å²) in [5.41, 5.74) is 0.847. The van der Waals surface area contributed by atoms with E-state index in [1.54, 1.807) is 4.68 Å². The highest BCUT2D eigenvalue weighted by molar-refractivity contribution is 9.10. The summed E-state index contributed by atoms with van der Waals surface area (Å²) in [6.45, 7) is 2.10. The molecule has 1 amide bonds. The molecule has 0 fully saturated rings. The van der Waals surface area contributed by atoms with Gasteiger partial charge in [0.15, 0.2) is 11.5 Å². The van der Waals surface area contributed by atoms with Crippen molar-refractivity contribution in [2.45, 2.75) is 26.5 Å². The number of hydrogen-bond acceptors (Lipinski definition) is 4. The average Bonchev–Trinajstić information content (AvgIpc) is 3.34. The van der Waals surface area contributed by atoms with Gasteiger partial charge in [-0.15, -0.1) is 0 Å². The Labute approximate surface area is 181 Å². The van der Waals surface area contributed by atoms with Crippen LogP contribution in [0.5, 0.6) is 5.75 Å². The molecule has 0 aliphatic heterocycles. The van der Waals surface area contributed by atoms with Crippen LogP contribution in [0.1, 0.15) is 28.4 Å². The van der Waals surface area contributed by atoms with E-state index >= 15 is 0 Å². The van der Waals surface area contributed by atoms with Gasteiger partial charge in [-0.3, -0.25) is 9.48 Å². The average molecular weight is 508 g/mol. The predicted molar refractivity (Wildman–Crippen MR) is 101 cm³/mol. The van der Waals surface area contributed by atoms with Crippen molar-refractivity contribution in [2.75, 3.05) is 6.54 Å². The maximum absolute atomic E-state index is 13.6. The first-order chi connectivity index (χ1) is 14.7. The first-order valence-corrected chi connectivity index (χ1v) is 9.69. The molecule has 0 bridgehead atoms. The molecule has 166 valence electrons. The van der Waals surface area contributed by atoms with E-state index in [2.05, 4.69) is 31.1 Å². The van der Waals surface area contributed by atoms with Crippen molar-refractivity contribution in [2.24, 2.45) is 0 Å². The highest BCUT2D eigenvalue weighted by Gasteiger charge is 2.27. The van der Waals surface area contributed by atoms with Crippen LogP contribution < -0.4 is 10.1 Å². The molecular formula is C19H15BrF5N3O3. The number of nitrogens with zero attached hydrogens (tertiary/aromatic N) is 2. The molecule has 6 nitrogen and oxygen atoms in total. The third-order valence-corrected chi connectivity index (χ3v) is 4.93. The fourth-order valence-corrected chi connectivity index (χ4v) is 2.89. The predicted octanol–water partition coefficient (Wildman–Crippen LogP) is 4.64. The molecule has 0 spiro atoms. The van der Waals surface area contributed by atoms with Gasteiger partial charge in [-0.05, 0) is 41.4 Å². The number of hydrogen-bond donors (Lipinski definition) is 1. The van der Waals surface area contributed by atoms with Gasteiger partial charge in [-0.2, -0.15) is 13.9 Å². The molecular weight excluding hydrogens is 493 g/mol. The van der Waals surface area contributed by atoms with Crippen LogP contribution in [-0.2, 0) is 13.2 Å². The Balaban J connectivity index is 1.52. The fraction of sp³-hybridized carbons (Fsp3) is 0.263. The molecule has 3 aromatic rings. The van der Waals surface area contributed by atoms with Gasteiger partial charge in [0, 0.05) is 19.3 Å². The molecule has 3 rings (SSSR count). The Morgan fingerprint density at radius 3 is 2.39 bits per heavy atom. The lowest BCUT2D eigenvalue weighted by Crippen LogP contribution is -2.24. The lowest BCUT2D eigenvalue weighted by molar-refractivity contribution is 0.0920. The van der Waals surface area contributed by atoms with Crippen LogP contribution >= 0.6 is 15.9 Å². The van der Waals surface area contributed by atoms with Gasteiger partial charge in [-0.1, -0.05) is 0 Å². The Morgan fingerprint density at radius 1 is 1.13 bits per heavy atom. The van der Waals surface area contributed by atoms with Crippen molar-refractivity contribution in [3.63, 3.8) is 0 Å². The maximum atomic E-state index is 13.6. The summed E-state index contributed by atoms with van der Waals surface area (Å²) in [5, 5.41) is 6.90. The van der Waals surface area contributed by atoms with Crippen molar-refractivity contribution in [1.82, 2.24) is 15.1 Å². The number of rotatable bonds is 8. The van der Waals surface area contributed by atoms with Gasteiger partial charge in [-0.25, -0.2) is 13.2 Å². The standard InChI is InChI=1S/C19H15BrF5N3O3/c1-9-11(20)7-28(27-9)6-2-5-26-19(29)12-4-3-10(31-12)8-30-18-16(24)14(22)13(21)15(23)17(18)25/h3-4,7H,2,5-6,8H2,1H3,(H,26,29). The molecule has 0 saturated carbocycles. The lowest BCUT2D eigenvalue weighted by atomic mass is 10.2. The number of aromatic nitrogens is 2. The topological polar surface area (TPSA) is 69.3 Å². The van der Waals surface area contributed by atoms with Crippen molar-refractivity contribution < 1.29 is 35.9 Å². The highest BCUT2D eigenvalue weighted by atomic mass is 79.9. The molecule has 31 heavy (non-hydrogen) atoms. The normalized spacial score (nSPS) is 11.1. The second kappa shape index (κ2) is 9.50. The van der Waals surface area contributed by atoms with E-state index in [9.17, 15) is 26.7 Å². The molecule has 1 N–H and O–H groups in total. The zero-order valence-corrected chi connectivity index (χ0v) is 17.5. The second-order valence-corrected chi connectivity index (χ2v) is 7.24. The minimum absolute atomic E-state index is 0.0500. The number of halogens is 6. The van der Waals surface area contributed by atoms with Crippen LogP contribution in [0.2, 0.25) is 0 Å². The van der Waals surface area contributed by atoms with Crippen LogP contribution in [0, 0.1) is 36.0 Å². The van der Waals surface area contributed by atoms with Crippen LogP contribution in [0.4, 0.5) is 22.0 Å². The van der Waals surface area contributed by atoms with Crippen LogP contribution in [0.15, 0.2) is 27.2 Å². The monoisotopic (exact) mass is 507 g/mol. The van der Waals surface area contributed by atoms with Crippen molar-refractivity contribution >= 4 is 21.8 Å². The maximum Gasteiger partial charge on any atom is 0.286 e. The fourth-order valence-electron chi connectivity index (χ4n) is 2.57. The number of carbonyl (C=O) groups is 1. The number of amides is 1. The lowest BCUT2D eigenvalue weighted by Gasteiger charge is -2.09. The van der Waals surface area contributed by atoms with E-state index in [1.165, 1.54) is 12.1 Å². The van der Waals surface area contributed by atoms with Crippen molar-refractivity contribution in [3.8, 4) is 5.75 Å². The smallest absolute Gasteiger partial charge is 0.286 e. The first-order valence-electron chi connectivity index (χ1n) is 8.89. The summed E-state index contributed by atoms with van der Waals surface area (Å²) >= 11 is 3.36. The zero-order chi connectivity index (χ0) is 22.7. The van der Waals surface area contributed by atoms with Gasteiger partial charge in [0.25, 0.3) is 5.91 Å². The summed E-state index contributed by atoms with van der Waals surface area (Å²) in [6, 6.07) is 2.57. The van der Waals surface area contributed by atoms with Crippen LogP contribution in [-0.4, -0.2) is 22.2 Å². The third kappa shape index (κ3) is 5.06. The van der Waals surface area contributed by atoms with E-state index in [1.807, 2.05) is 13.1 Å². The minimum atomic E-state index is -2.28. The van der Waals surface area contributed by atoms with Gasteiger partial charge in [0.1, 0.15) is 12.4 Å². The highest BCUT2D eigenvalue weighted by Crippen LogP contribution is 2.29. The Morgan fingerprint density at radius 2 is 1.77 bits per heavy atom. The number of carbonyl (C=O) groups excluding carboxylic acids is 1. The molecule has 0 atom stereocenters. The van der Waals surface area contributed by atoms with E-state index in [-0.39, 0.29) is 11.5 Å². The SMILES string of the molecule is Cc1nn(CCCNC(=O)c2ccc(COc3c(F)c(F)c(F)c(F)c3F)o2)cc1Br. The second-order valence-electron chi connectivity index (χ2n) is 6.39. The number of nitrogens with one attached hydrogen (secondary N) is 1. The van der Waals surface area contributed by atoms with E-state index in [4.69, 9.17) is 4.42 Å². The van der Waals surface area contributed by atoms with Crippen molar-refractivity contribution in [3.05, 3.63) is 69.1 Å². The Kier molecular flexibility index (Phi) is 6.98. The molecule has 0 aliphatic carbocycles. The Bertz CT molecular complexity index is 1070. The number of ether oxygens (including phenoxy) is 1. The molecule has 0 radical (unpaired) electrons. The van der Waals surface area contributed by atoms with Crippen LogP contribution in [0.3, 0.4) is 0 Å². The van der Waals surface area contributed by atoms with E-state index < -0.39 is 47.3 Å². The largest absolute Gasteiger partial charge is 0.479 e. The van der Waals surface area contributed by atoms with Gasteiger partial charge < -0.3 is 14.5 Å². The molecule has 0 aliphatic rings. The third-order valence-electron chi connectivity index (χ3n) is 4.15. The summed E-state index contributed by atoms with van der Waals surface area (Å²) in [6.07, 6.45) is 2.41. The van der Waals surface area contributed by atoms with Gasteiger partial charge in [0.2, 0.25) is 29.1 Å². The van der Waals surface area contributed by atoms with E-state index in [0.29, 0.717) is 19.5 Å². The molecule has 2 heterocycles. The van der Waals surface area contributed by atoms with Crippen LogP contribution in [0.25, 0.3) is 0 Å². The first kappa shape index (κ1) is 22.8. The zero-order valence-electron chi connectivity index (χ0n) is 15.9. The molecule has 12 heteroatoms. The number of aryl methyl sites for hydroxylation is 2. The molecule has 0 saturated heterocycles. The van der Waals surface area contributed by atoms with Crippen molar-refractivity contribution in [1.29, 1.82) is 0 Å². The molecule has 2 aromatic heterocycles. The van der Waals surface area contributed by atoms with Gasteiger partial charge in [0.05, 0.1) is 10.2 Å². The Hall–Kier alpha value is -2.89. The molecule has 1 aromatic carbocycles. The summed E-state index contributed by atoms with van der Waals surface area (Å²) in [4.78, 5) is 12.1. The minimum Gasteiger partial charge on any atom is -0.479 e. The number of benzene rings is 1. The summed E-state index contributed by atoms with van der Waals surface area (Å²) in [5.74, 6) is -12.8. The number of furan rings is 1.